The summed E-state index contributed by atoms with van der Waals surface area (Å²) in [4.78, 5) is 12.7. The van der Waals surface area contributed by atoms with Gasteiger partial charge in [0.15, 0.2) is 9.84 Å². The first-order valence-corrected chi connectivity index (χ1v) is 10.4. The van der Waals surface area contributed by atoms with Crippen molar-refractivity contribution in [2.45, 2.75) is 37.6 Å². The molecule has 0 saturated heterocycles. The molecule has 0 aliphatic carbocycles. The van der Waals surface area contributed by atoms with Gasteiger partial charge in [0.2, 0.25) is 5.91 Å². The van der Waals surface area contributed by atoms with Crippen molar-refractivity contribution in [3.63, 3.8) is 0 Å². The van der Waals surface area contributed by atoms with Crippen LogP contribution in [-0.4, -0.2) is 27.7 Å². The Labute approximate surface area is 155 Å². The molecule has 1 atom stereocenters. The maximum atomic E-state index is 12.4. The van der Waals surface area contributed by atoms with E-state index in [9.17, 15) is 13.2 Å². The molecule has 0 aliphatic rings. The van der Waals surface area contributed by atoms with E-state index in [2.05, 4.69) is 5.32 Å². The summed E-state index contributed by atoms with van der Waals surface area (Å²) in [7, 11) is -1.60. The van der Waals surface area contributed by atoms with Crippen molar-refractivity contribution in [2.75, 3.05) is 13.4 Å². The Morgan fingerprint density at radius 1 is 1.15 bits per heavy atom. The summed E-state index contributed by atoms with van der Waals surface area (Å²) in [6.07, 6.45) is 2.17. The number of aryl methyl sites for hydroxylation is 1. The van der Waals surface area contributed by atoms with E-state index in [0.717, 1.165) is 22.4 Å². The van der Waals surface area contributed by atoms with Crippen LogP contribution in [0.5, 0.6) is 5.75 Å². The van der Waals surface area contributed by atoms with Crippen molar-refractivity contribution in [3.8, 4) is 5.75 Å². The minimum Gasteiger partial charge on any atom is -0.496 e. The number of benzene rings is 2. The number of hydrogen-bond acceptors (Lipinski definition) is 4. The second-order valence-corrected chi connectivity index (χ2v) is 8.37. The number of nitrogens with one attached hydrogen (secondary N) is 1. The SMILES string of the molecule is CCC(NC(=O)Cc1ccc(OC)c(C)c1)c1ccc(S(C)(=O)=O)cc1. The lowest BCUT2D eigenvalue weighted by Gasteiger charge is -2.18. The Kier molecular flexibility index (Phi) is 6.42. The molecule has 6 heteroatoms. The number of rotatable bonds is 7. The Morgan fingerprint density at radius 2 is 1.81 bits per heavy atom. The molecule has 0 aliphatic heterocycles. The molecular formula is C20H25NO4S. The van der Waals surface area contributed by atoms with Gasteiger partial charge in [-0.3, -0.25) is 4.79 Å². The minimum absolute atomic E-state index is 0.0754. The first kappa shape index (κ1) is 20.0. The number of carbonyl (C=O) groups is 1. The first-order chi connectivity index (χ1) is 12.2. The van der Waals surface area contributed by atoms with E-state index >= 15 is 0 Å². The molecule has 5 nitrogen and oxygen atoms in total. The van der Waals surface area contributed by atoms with Gasteiger partial charge in [-0.25, -0.2) is 8.42 Å². The van der Waals surface area contributed by atoms with Crippen LogP contribution < -0.4 is 10.1 Å². The largest absolute Gasteiger partial charge is 0.496 e. The molecule has 1 unspecified atom stereocenters. The van der Waals surface area contributed by atoms with Crippen LogP contribution in [0.2, 0.25) is 0 Å². The third-order valence-corrected chi connectivity index (χ3v) is 5.41. The van der Waals surface area contributed by atoms with Crippen molar-refractivity contribution in [1.82, 2.24) is 5.32 Å². The first-order valence-electron chi connectivity index (χ1n) is 8.47. The van der Waals surface area contributed by atoms with Crippen molar-refractivity contribution >= 4 is 15.7 Å². The molecule has 1 N–H and O–H groups in total. The van der Waals surface area contributed by atoms with E-state index in [4.69, 9.17) is 4.74 Å². The fourth-order valence-electron chi connectivity index (χ4n) is 2.85. The Bertz CT molecular complexity index is 873. The summed E-state index contributed by atoms with van der Waals surface area (Å²) < 4.78 is 28.4. The maximum Gasteiger partial charge on any atom is 0.224 e. The van der Waals surface area contributed by atoms with Gasteiger partial charge in [-0.1, -0.05) is 31.2 Å². The summed E-state index contributed by atoms with van der Waals surface area (Å²) in [5.41, 5.74) is 2.79. The third-order valence-electron chi connectivity index (χ3n) is 4.28. The van der Waals surface area contributed by atoms with Gasteiger partial charge in [0.1, 0.15) is 5.75 Å². The minimum atomic E-state index is -3.22. The molecule has 0 bridgehead atoms. The van der Waals surface area contributed by atoms with Crippen LogP contribution in [-0.2, 0) is 21.1 Å². The lowest BCUT2D eigenvalue weighted by Crippen LogP contribution is -2.29. The van der Waals surface area contributed by atoms with Gasteiger partial charge < -0.3 is 10.1 Å². The van der Waals surface area contributed by atoms with Gasteiger partial charge in [-0.05, 0) is 48.2 Å². The summed E-state index contributed by atoms with van der Waals surface area (Å²) in [5.74, 6) is 0.722. The zero-order chi connectivity index (χ0) is 19.3. The highest BCUT2D eigenvalue weighted by atomic mass is 32.2. The average Bonchev–Trinajstić information content (AvgIpc) is 2.59. The number of sulfone groups is 1. The molecule has 0 heterocycles. The highest BCUT2D eigenvalue weighted by Gasteiger charge is 2.15. The van der Waals surface area contributed by atoms with Crippen molar-refractivity contribution in [3.05, 3.63) is 59.2 Å². The fraction of sp³-hybridized carbons (Fsp3) is 0.350. The monoisotopic (exact) mass is 375 g/mol. The van der Waals surface area contributed by atoms with Crippen LogP contribution in [0.4, 0.5) is 0 Å². The van der Waals surface area contributed by atoms with E-state index < -0.39 is 9.84 Å². The van der Waals surface area contributed by atoms with E-state index in [0.29, 0.717) is 6.42 Å². The summed E-state index contributed by atoms with van der Waals surface area (Å²) in [6.45, 7) is 3.92. The van der Waals surface area contributed by atoms with Gasteiger partial charge in [0.05, 0.1) is 24.5 Å². The van der Waals surface area contributed by atoms with Crippen molar-refractivity contribution in [1.29, 1.82) is 0 Å². The average molecular weight is 375 g/mol. The molecule has 26 heavy (non-hydrogen) atoms. The second-order valence-electron chi connectivity index (χ2n) is 6.35. The second kappa shape index (κ2) is 8.36. The molecule has 2 rings (SSSR count). The van der Waals surface area contributed by atoms with Gasteiger partial charge in [-0.15, -0.1) is 0 Å². The molecule has 2 aromatic carbocycles. The van der Waals surface area contributed by atoms with Crippen molar-refractivity contribution in [2.24, 2.45) is 0 Å². The molecule has 0 radical (unpaired) electrons. The van der Waals surface area contributed by atoms with Crippen LogP contribution in [0.25, 0.3) is 0 Å². The lowest BCUT2D eigenvalue weighted by molar-refractivity contribution is -0.121. The molecule has 1 amide bonds. The van der Waals surface area contributed by atoms with Crippen molar-refractivity contribution < 1.29 is 17.9 Å². The zero-order valence-corrected chi connectivity index (χ0v) is 16.4. The van der Waals surface area contributed by atoms with Crippen LogP contribution in [0.3, 0.4) is 0 Å². The molecular weight excluding hydrogens is 350 g/mol. The zero-order valence-electron chi connectivity index (χ0n) is 15.6. The Hall–Kier alpha value is -2.34. The number of methoxy groups -OCH3 is 1. The van der Waals surface area contributed by atoms with E-state index in [1.165, 1.54) is 6.26 Å². The topological polar surface area (TPSA) is 72.5 Å². The van der Waals surface area contributed by atoms with Crippen LogP contribution in [0.1, 0.15) is 36.1 Å². The summed E-state index contributed by atoms with van der Waals surface area (Å²) >= 11 is 0. The number of amides is 1. The predicted octanol–water partition coefficient (Wildman–Crippen LogP) is 3.22. The molecule has 0 spiro atoms. The Morgan fingerprint density at radius 3 is 2.31 bits per heavy atom. The van der Waals surface area contributed by atoms with Gasteiger partial charge in [0.25, 0.3) is 0 Å². The number of ether oxygens (including phenoxy) is 1. The normalized spacial score (nSPS) is 12.5. The molecule has 0 saturated carbocycles. The number of hydrogen-bond donors (Lipinski definition) is 1. The highest BCUT2D eigenvalue weighted by Crippen LogP contribution is 2.21. The predicted molar refractivity (Wildman–Crippen MR) is 102 cm³/mol. The molecule has 140 valence electrons. The molecule has 2 aromatic rings. The smallest absolute Gasteiger partial charge is 0.224 e. The number of carbonyl (C=O) groups excluding carboxylic acids is 1. The van der Waals surface area contributed by atoms with E-state index in [-0.39, 0.29) is 23.3 Å². The molecule has 0 fully saturated rings. The van der Waals surface area contributed by atoms with Gasteiger partial charge >= 0.3 is 0 Å². The third kappa shape index (κ3) is 5.08. The van der Waals surface area contributed by atoms with Crippen LogP contribution in [0, 0.1) is 6.92 Å². The molecule has 0 aromatic heterocycles. The van der Waals surface area contributed by atoms with Crippen LogP contribution >= 0.6 is 0 Å². The fourth-order valence-corrected chi connectivity index (χ4v) is 3.48. The van der Waals surface area contributed by atoms with E-state index in [1.807, 2.05) is 32.0 Å². The summed E-state index contributed by atoms with van der Waals surface area (Å²) in [6, 6.07) is 12.2. The maximum absolute atomic E-state index is 12.4. The van der Waals surface area contributed by atoms with Gasteiger partial charge in [0, 0.05) is 6.26 Å². The lowest BCUT2D eigenvalue weighted by atomic mass is 10.0. The van der Waals surface area contributed by atoms with E-state index in [1.54, 1.807) is 31.4 Å². The van der Waals surface area contributed by atoms with Crippen LogP contribution in [0.15, 0.2) is 47.4 Å². The highest BCUT2D eigenvalue weighted by molar-refractivity contribution is 7.90. The Balaban J connectivity index is 2.07. The van der Waals surface area contributed by atoms with Gasteiger partial charge in [-0.2, -0.15) is 0 Å². The quantitative estimate of drug-likeness (QED) is 0.806. The standard InChI is InChI=1S/C20H25NO4S/c1-5-18(16-7-9-17(10-8-16)26(4,23)24)21-20(22)13-15-6-11-19(25-3)14(2)12-15/h6-12,18H,5,13H2,1-4H3,(H,21,22). The summed E-state index contributed by atoms with van der Waals surface area (Å²) in [5, 5.41) is 3.02.